The molecule has 0 saturated heterocycles. The van der Waals surface area contributed by atoms with Crippen molar-refractivity contribution in [1.82, 2.24) is 25.6 Å². The highest BCUT2D eigenvalue weighted by Crippen LogP contribution is 2.24. The summed E-state index contributed by atoms with van der Waals surface area (Å²) in [5.74, 6) is 0.312. The van der Waals surface area contributed by atoms with Crippen molar-refractivity contribution in [2.24, 2.45) is 0 Å². The number of carbonyl (C=O) groups excluding carboxylic acids is 2. The molecule has 0 fully saturated rings. The second-order valence-electron chi connectivity index (χ2n) is 5.99. The first-order chi connectivity index (χ1) is 14.1. The van der Waals surface area contributed by atoms with Gasteiger partial charge in [0.15, 0.2) is 5.69 Å². The summed E-state index contributed by atoms with van der Waals surface area (Å²) >= 11 is 0. The van der Waals surface area contributed by atoms with Gasteiger partial charge in [-0.3, -0.25) is 14.6 Å². The summed E-state index contributed by atoms with van der Waals surface area (Å²) in [5.41, 5.74) is 1.56. The molecule has 3 rings (SSSR count). The zero-order valence-corrected chi connectivity index (χ0v) is 16.1. The van der Waals surface area contributed by atoms with E-state index in [9.17, 15) is 9.59 Å². The largest absolute Gasteiger partial charge is 0.497 e. The molecule has 0 aliphatic rings. The van der Waals surface area contributed by atoms with Crippen LogP contribution in [0.15, 0.2) is 48.9 Å². The number of H-pyrrole nitrogens is 1. The van der Waals surface area contributed by atoms with E-state index < -0.39 is 11.8 Å². The average Bonchev–Trinajstić information content (AvgIpc) is 3.26. The molecule has 2 amide bonds. The van der Waals surface area contributed by atoms with Crippen LogP contribution in [0.1, 0.15) is 32.2 Å². The van der Waals surface area contributed by atoms with E-state index in [4.69, 9.17) is 9.47 Å². The number of carbonyl (C=O) groups is 2. The molecule has 9 nitrogen and oxygen atoms in total. The Morgan fingerprint density at radius 1 is 1.00 bits per heavy atom. The minimum absolute atomic E-state index is 0.0140. The van der Waals surface area contributed by atoms with Crippen LogP contribution in [-0.2, 0) is 13.1 Å². The number of hydrogen-bond donors (Lipinski definition) is 3. The van der Waals surface area contributed by atoms with Crippen molar-refractivity contribution < 1.29 is 19.1 Å². The number of imidazole rings is 1. The van der Waals surface area contributed by atoms with Crippen LogP contribution in [0.5, 0.6) is 11.5 Å². The Balaban J connectivity index is 1.64. The van der Waals surface area contributed by atoms with Crippen molar-refractivity contribution in [3.05, 3.63) is 71.6 Å². The van der Waals surface area contributed by atoms with E-state index in [1.807, 2.05) is 6.07 Å². The van der Waals surface area contributed by atoms with Crippen molar-refractivity contribution in [3.8, 4) is 11.5 Å². The number of nitrogens with one attached hydrogen (secondary N) is 3. The highest BCUT2D eigenvalue weighted by Gasteiger charge is 2.20. The molecule has 0 aliphatic carbocycles. The summed E-state index contributed by atoms with van der Waals surface area (Å²) in [6.07, 6.45) is 2.95. The number of aromatic amines is 1. The summed E-state index contributed by atoms with van der Waals surface area (Å²) in [7, 11) is 3.11. The molecule has 29 heavy (non-hydrogen) atoms. The van der Waals surface area contributed by atoms with E-state index in [0.717, 1.165) is 5.56 Å². The molecule has 0 saturated carbocycles. The van der Waals surface area contributed by atoms with Gasteiger partial charge in [0.05, 0.1) is 32.8 Å². The van der Waals surface area contributed by atoms with Crippen LogP contribution < -0.4 is 20.1 Å². The van der Waals surface area contributed by atoms with Crippen LogP contribution in [0.25, 0.3) is 0 Å². The van der Waals surface area contributed by atoms with Crippen molar-refractivity contribution in [1.29, 1.82) is 0 Å². The van der Waals surface area contributed by atoms with Crippen LogP contribution >= 0.6 is 0 Å². The molecule has 2 aromatic heterocycles. The van der Waals surface area contributed by atoms with Crippen LogP contribution in [-0.4, -0.2) is 41.0 Å². The fourth-order valence-electron chi connectivity index (χ4n) is 2.66. The lowest BCUT2D eigenvalue weighted by molar-refractivity contribution is 0.0911. The SMILES string of the molecule is COc1ccc(CNC(=O)c2[nH]cnc2C(=O)NCc2ccccn2)c(OC)c1. The summed E-state index contributed by atoms with van der Waals surface area (Å²) in [6.45, 7) is 0.441. The van der Waals surface area contributed by atoms with E-state index in [0.29, 0.717) is 17.2 Å². The molecule has 2 heterocycles. The second-order valence-corrected chi connectivity index (χ2v) is 5.99. The lowest BCUT2D eigenvalue weighted by atomic mass is 10.2. The summed E-state index contributed by atoms with van der Waals surface area (Å²) in [4.78, 5) is 35.8. The predicted octanol–water partition coefficient (Wildman–Crippen LogP) is 1.68. The Bertz CT molecular complexity index is 988. The van der Waals surface area contributed by atoms with E-state index in [-0.39, 0.29) is 24.5 Å². The van der Waals surface area contributed by atoms with Crippen molar-refractivity contribution in [2.45, 2.75) is 13.1 Å². The Morgan fingerprint density at radius 2 is 1.83 bits per heavy atom. The van der Waals surface area contributed by atoms with Gasteiger partial charge in [-0.15, -0.1) is 0 Å². The van der Waals surface area contributed by atoms with Crippen LogP contribution in [0.4, 0.5) is 0 Å². The van der Waals surface area contributed by atoms with Gasteiger partial charge in [-0.2, -0.15) is 0 Å². The van der Waals surface area contributed by atoms with Crippen molar-refractivity contribution >= 4 is 11.8 Å². The van der Waals surface area contributed by atoms with E-state index in [1.54, 1.807) is 50.7 Å². The molecule has 9 heteroatoms. The van der Waals surface area contributed by atoms with Gasteiger partial charge >= 0.3 is 0 Å². The molecule has 150 valence electrons. The van der Waals surface area contributed by atoms with Gasteiger partial charge < -0.3 is 25.1 Å². The molecule has 3 N–H and O–H groups in total. The normalized spacial score (nSPS) is 10.3. The van der Waals surface area contributed by atoms with Gasteiger partial charge in [0.2, 0.25) is 0 Å². The van der Waals surface area contributed by atoms with Gasteiger partial charge in [-0.1, -0.05) is 6.07 Å². The Hall–Kier alpha value is -3.88. The van der Waals surface area contributed by atoms with Gasteiger partial charge in [0.1, 0.15) is 17.2 Å². The number of amides is 2. The minimum Gasteiger partial charge on any atom is -0.497 e. The second kappa shape index (κ2) is 9.36. The predicted molar refractivity (Wildman–Crippen MR) is 105 cm³/mol. The van der Waals surface area contributed by atoms with Gasteiger partial charge in [-0.25, -0.2) is 4.98 Å². The minimum atomic E-state index is -0.468. The monoisotopic (exact) mass is 395 g/mol. The fourth-order valence-corrected chi connectivity index (χ4v) is 2.66. The molecule has 0 spiro atoms. The standard InChI is InChI=1S/C20H21N5O4/c1-28-15-7-6-13(16(9-15)29-2)10-22-19(26)17-18(25-12-24-17)20(27)23-11-14-5-3-4-8-21-14/h3-9,12H,10-11H2,1-2H3,(H,22,26)(H,23,27)(H,24,25). The fraction of sp³-hybridized carbons (Fsp3) is 0.200. The first-order valence-electron chi connectivity index (χ1n) is 8.83. The number of benzene rings is 1. The molecular weight excluding hydrogens is 374 g/mol. The maximum atomic E-state index is 12.6. The number of pyridine rings is 1. The molecular formula is C20H21N5O4. The van der Waals surface area contributed by atoms with E-state index in [1.165, 1.54) is 6.33 Å². The van der Waals surface area contributed by atoms with Crippen LogP contribution in [0.3, 0.4) is 0 Å². The number of aromatic nitrogens is 3. The Labute approximate surface area is 167 Å². The highest BCUT2D eigenvalue weighted by molar-refractivity contribution is 6.04. The van der Waals surface area contributed by atoms with Gasteiger partial charge in [0, 0.05) is 24.4 Å². The number of nitrogens with zero attached hydrogens (tertiary/aromatic N) is 2. The van der Waals surface area contributed by atoms with Crippen molar-refractivity contribution in [2.75, 3.05) is 14.2 Å². The lowest BCUT2D eigenvalue weighted by Crippen LogP contribution is -2.29. The topological polar surface area (TPSA) is 118 Å². The molecule has 0 radical (unpaired) electrons. The zero-order chi connectivity index (χ0) is 20.6. The number of hydrogen-bond acceptors (Lipinski definition) is 6. The molecule has 0 aliphatic heterocycles. The smallest absolute Gasteiger partial charge is 0.272 e. The Morgan fingerprint density at radius 3 is 2.55 bits per heavy atom. The van der Waals surface area contributed by atoms with E-state index >= 15 is 0 Å². The third kappa shape index (κ3) is 4.89. The van der Waals surface area contributed by atoms with Gasteiger partial charge in [0.25, 0.3) is 11.8 Å². The maximum Gasteiger partial charge on any atom is 0.272 e. The van der Waals surface area contributed by atoms with Crippen LogP contribution in [0, 0.1) is 0 Å². The quantitative estimate of drug-likeness (QED) is 0.534. The Kier molecular flexibility index (Phi) is 6.41. The summed E-state index contributed by atoms with van der Waals surface area (Å²) in [6, 6.07) is 10.7. The number of ether oxygens (including phenoxy) is 2. The van der Waals surface area contributed by atoms with Crippen molar-refractivity contribution in [3.63, 3.8) is 0 Å². The first-order valence-corrected chi connectivity index (χ1v) is 8.83. The van der Waals surface area contributed by atoms with Gasteiger partial charge in [-0.05, 0) is 24.3 Å². The molecule has 1 aromatic carbocycles. The lowest BCUT2D eigenvalue weighted by Gasteiger charge is -2.11. The molecule has 0 atom stereocenters. The zero-order valence-electron chi connectivity index (χ0n) is 16.1. The molecule has 0 bridgehead atoms. The van der Waals surface area contributed by atoms with Crippen LogP contribution in [0.2, 0.25) is 0 Å². The number of methoxy groups -OCH3 is 2. The molecule has 0 unspecified atom stereocenters. The highest BCUT2D eigenvalue weighted by atomic mass is 16.5. The summed E-state index contributed by atoms with van der Waals surface area (Å²) in [5, 5.41) is 5.46. The van der Waals surface area contributed by atoms with E-state index in [2.05, 4.69) is 25.6 Å². The average molecular weight is 395 g/mol. The summed E-state index contributed by atoms with van der Waals surface area (Å²) < 4.78 is 10.5. The number of rotatable bonds is 8. The molecule has 3 aromatic rings. The first kappa shape index (κ1) is 19.9. The maximum absolute atomic E-state index is 12.6. The third-order valence-corrected chi connectivity index (χ3v) is 4.17. The third-order valence-electron chi connectivity index (χ3n) is 4.17.